The van der Waals surface area contributed by atoms with Crippen LogP contribution in [0, 0.1) is 5.41 Å². The Morgan fingerprint density at radius 3 is 2.36 bits per heavy atom. The molecule has 14 heavy (non-hydrogen) atoms. The highest BCUT2D eigenvalue weighted by Crippen LogP contribution is 2.32. The van der Waals surface area contributed by atoms with Crippen molar-refractivity contribution in [1.29, 1.82) is 0 Å². The maximum atomic E-state index is 11.5. The van der Waals surface area contributed by atoms with Crippen LogP contribution in [-0.4, -0.2) is 50.1 Å². The highest BCUT2D eigenvalue weighted by Gasteiger charge is 2.42. The van der Waals surface area contributed by atoms with Gasteiger partial charge in [0, 0.05) is 13.1 Å². The second-order valence-corrected chi connectivity index (χ2v) is 3.54. The van der Waals surface area contributed by atoms with Gasteiger partial charge in [-0.05, 0) is 12.8 Å². The Bertz CT molecular complexity index is 199. The van der Waals surface area contributed by atoms with E-state index in [-0.39, 0.29) is 12.6 Å². The van der Waals surface area contributed by atoms with E-state index in [0.29, 0.717) is 25.9 Å². The molecule has 1 aliphatic rings. The van der Waals surface area contributed by atoms with E-state index in [4.69, 9.17) is 9.57 Å². The lowest BCUT2D eigenvalue weighted by Crippen LogP contribution is -2.46. The second kappa shape index (κ2) is 4.72. The Hall–Kier alpha value is -0.650. The van der Waals surface area contributed by atoms with Gasteiger partial charge in [-0.15, -0.1) is 0 Å². The van der Waals surface area contributed by atoms with Crippen LogP contribution in [0.2, 0.25) is 0 Å². The molecule has 0 saturated carbocycles. The van der Waals surface area contributed by atoms with Crippen molar-refractivity contribution in [3.63, 3.8) is 0 Å². The SMILES string of the molecule is COC(=O)C1(CO)CCN(OC)CC1. The van der Waals surface area contributed by atoms with Gasteiger partial charge >= 0.3 is 5.97 Å². The third-order valence-corrected chi connectivity index (χ3v) is 2.86. The normalized spacial score (nSPS) is 21.9. The molecule has 1 heterocycles. The van der Waals surface area contributed by atoms with Gasteiger partial charge in [0.15, 0.2) is 0 Å². The summed E-state index contributed by atoms with van der Waals surface area (Å²) in [7, 11) is 2.95. The van der Waals surface area contributed by atoms with Crippen molar-refractivity contribution in [3.05, 3.63) is 0 Å². The first-order valence-electron chi connectivity index (χ1n) is 4.67. The third-order valence-electron chi connectivity index (χ3n) is 2.86. The molecule has 82 valence electrons. The number of methoxy groups -OCH3 is 1. The second-order valence-electron chi connectivity index (χ2n) is 3.54. The van der Waals surface area contributed by atoms with Gasteiger partial charge in [-0.3, -0.25) is 4.79 Å². The summed E-state index contributed by atoms with van der Waals surface area (Å²) in [5.41, 5.74) is -0.718. The predicted molar refractivity (Wildman–Crippen MR) is 49.4 cm³/mol. The van der Waals surface area contributed by atoms with Gasteiger partial charge in [0.05, 0.1) is 26.2 Å². The number of piperidine rings is 1. The van der Waals surface area contributed by atoms with Gasteiger partial charge in [0.1, 0.15) is 0 Å². The molecule has 0 radical (unpaired) electrons. The predicted octanol–water partition coefficient (Wildman–Crippen LogP) is -0.205. The average molecular weight is 203 g/mol. The zero-order chi connectivity index (χ0) is 10.6. The molecule has 0 spiro atoms. The summed E-state index contributed by atoms with van der Waals surface area (Å²) in [5.74, 6) is -0.323. The highest BCUT2D eigenvalue weighted by atomic mass is 16.7. The average Bonchev–Trinajstić information content (AvgIpc) is 2.28. The minimum Gasteiger partial charge on any atom is -0.469 e. The molecule has 1 rings (SSSR count). The van der Waals surface area contributed by atoms with Gasteiger partial charge in [-0.1, -0.05) is 0 Å². The Balaban J connectivity index is 2.61. The van der Waals surface area contributed by atoms with Gasteiger partial charge < -0.3 is 14.7 Å². The number of aliphatic hydroxyl groups is 1. The van der Waals surface area contributed by atoms with E-state index in [2.05, 4.69) is 0 Å². The van der Waals surface area contributed by atoms with Gasteiger partial charge in [0.2, 0.25) is 0 Å². The van der Waals surface area contributed by atoms with Crippen LogP contribution in [0.15, 0.2) is 0 Å². The molecule has 1 aliphatic heterocycles. The summed E-state index contributed by atoms with van der Waals surface area (Å²) in [4.78, 5) is 16.5. The lowest BCUT2D eigenvalue weighted by Gasteiger charge is -2.37. The molecule has 1 N–H and O–H groups in total. The molecule has 1 fully saturated rings. The summed E-state index contributed by atoms with van der Waals surface area (Å²) < 4.78 is 4.69. The van der Waals surface area contributed by atoms with Crippen molar-refractivity contribution < 1.29 is 19.5 Å². The minimum atomic E-state index is -0.718. The molecule has 0 bridgehead atoms. The van der Waals surface area contributed by atoms with Gasteiger partial charge in [-0.25, -0.2) is 0 Å². The Labute approximate surface area is 83.5 Å². The van der Waals surface area contributed by atoms with Crippen LogP contribution in [-0.2, 0) is 14.4 Å². The van der Waals surface area contributed by atoms with Crippen LogP contribution >= 0.6 is 0 Å². The molecule has 0 aliphatic carbocycles. The number of hydrogen-bond donors (Lipinski definition) is 1. The van der Waals surface area contributed by atoms with E-state index in [1.807, 2.05) is 0 Å². The molecule has 5 heteroatoms. The maximum Gasteiger partial charge on any atom is 0.314 e. The third kappa shape index (κ3) is 2.05. The van der Waals surface area contributed by atoms with Crippen molar-refractivity contribution in [2.45, 2.75) is 12.8 Å². The number of aliphatic hydroxyl groups excluding tert-OH is 1. The van der Waals surface area contributed by atoms with Crippen molar-refractivity contribution in [1.82, 2.24) is 5.06 Å². The van der Waals surface area contributed by atoms with E-state index < -0.39 is 5.41 Å². The monoisotopic (exact) mass is 203 g/mol. The Morgan fingerprint density at radius 1 is 1.43 bits per heavy atom. The molecule has 1 saturated heterocycles. The number of ether oxygens (including phenoxy) is 1. The van der Waals surface area contributed by atoms with Crippen molar-refractivity contribution >= 4 is 5.97 Å². The fourth-order valence-electron chi connectivity index (χ4n) is 1.74. The smallest absolute Gasteiger partial charge is 0.314 e. The summed E-state index contributed by atoms with van der Waals surface area (Å²) in [6.07, 6.45) is 1.15. The molecular formula is C9H17NO4. The molecule has 0 amide bonds. The van der Waals surface area contributed by atoms with E-state index in [1.54, 1.807) is 12.2 Å². The first-order valence-corrected chi connectivity index (χ1v) is 4.67. The Morgan fingerprint density at radius 2 is 2.00 bits per heavy atom. The number of carbonyl (C=O) groups is 1. The van der Waals surface area contributed by atoms with Gasteiger partial charge in [0.25, 0.3) is 0 Å². The molecule has 0 atom stereocenters. The summed E-state index contributed by atoms with van der Waals surface area (Å²) >= 11 is 0. The lowest BCUT2D eigenvalue weighted by molar-refractivity contribution is -0.182. The number of hydroxylamine groups is 2. The van der Waals surface area contributed by atoms with E-state index in [0.717, 1.165) is 0 Å². The molecule has 0 aromatic rings. The van der Waals surface area contributed by atoms with Crippen LogP contribution in [0.1, 0.15) is 12.8 Å². The largest absolute Gasteiger partial charge is 0.469 e. The molecule has 5 nitrogen and oxygen atoms in total. The zero-order valence-corrected chi connectivity index (χ0v) is 8.65. The number of nitrogens with zero attached hydrogens (tertiary/aromatic N) is 1. The van der Waals surface area contributed by atoms with E-state index in [1.165, 1.54) is 7.11 Å². The fraction of sp³-hybridized carbons (Fsp3) is 0.889. The Kier molecular flexibility index (Phi) is 3.86. The summed E-state index contributed by atoms with van der Waals surface area (Å²) in [6, 6.07) is 0. The zero-order valence-electron chi connectivity index (χ0n) is 8.65. The number of esters is 1. The fourth-order valence-corrected chi connectivity index (χ4v) is 1.74. The number of hydrogen-bond acceptors (Lipinski definition) is 5. The number of rotatable bonds is 3. The van der Waals surface area contributed by atoms with Crippen LogP contribution in [0.4, 0.5) is 0 Å². The standard InChI is InChI=1S/C9H17NO4/c1-13-8(12)9(7-11)3-5-10(14-2)6-4-9/h11H,3-7H2,1-2H3. The summed E-state index contributed by atoms with van der Waals surface area (Å²) in [5, 5.41) is 11.0. The topological polar surface area (TPSA) is 59.0 Å². The maximum absolute atomic E-state index is 11.5. The minimum absolute atomic E-state index is 0.156. The van der Waals surface area contributed by atoms with Crippen molar-refractivity contribution in [3.8, 4) is 0 Å². The summed E-state index contributed by atoms with van der Waals surface area (Å²) in [6.45, 7) is 1.13. The molecule has 0 unspecified atom stereocenters. The lowest BCUT2D eigenvalue weighted by atomic mass is 9.79. The molecule has 0 aromatic carbocycles. The van der Waals surface area contributed by atoms with Crippen molar-refractivity contribution in [2.75, 3.05) is 33.9 Å². The van der Waals surface area contributed by atoms with Crippen LogP contribution < -0.4 is 0 Å². The molecule has 0 aromatic heterocycles. The van der Waals surface area contributed by atoms with Crippen LogP contribution in [0.25, 0.3) is 0 Å². The van der Waals surface area contributed by atoms with Crippen molar-refractivity contribution in [2.24, 2.45) is 5.41 Å². The quantitative estimate of drug-likeness (QED) is 0.643. The van der Waals surface area contributed by atoms with E-state index in [9.17, 15) is 9.90 Å². The van der Waals surface area contributed by atoms with Crippen LogP contribution in [0.3, 0.4) is 0 Å². The molecular weight excluding hydrogens is 186 g/mol. The highest BCUT2D eigenvalue weighted by molar-refractivity contribution is 5.77. The van der Waals surface area contributed by atoms with Gasteiger partial charge in [-0.2, -0.15) is 5.06 Å². The number of carbonyl (C=O) groups excluding carboxylic acids is 1. The first kappa shape index (κ1) is 11.4. The van der Waals surface area contributed by atoms with Crippen LogP contribution in [0.5, 0.6) is 0 Å². The van der Waals surface area contributed by atoms with E-state index >= 15 is 0 Å². The first-order chi connectivity index (χ1) is 6.68.